The molecule has 0 unspecified atom stereocenters. The van der Waals surface area contributed by atoms with Gasteiger partial charge in [0.1, 0.15) is 0 Å². The molecular formula is C118H80. The summed E-state index contributed by atoms with van der Waals surface area (Å²) in [6.45, 7) is 9.65. The minimum absolute atomic E-state index is 0.158. The maximum absolute atomic E-state index is 2.45. The molecule has 0 heteroatoms. The Hall–Kier alpha value is -14.6. The highest BCUT2D eigenvalue weighted by Crippen LogP contribution is 2.60. The standard InChI is InChI=1S/2C59H40/c1-59(2)53-32-16-31-43(56(53)57-47-25-9-6-22-44(47)45-23-7-14-30-52(45)58(57)59)39-19-15-20-41(36-39)54-48-26-10-12-28-50(48)55(51-29-13-11-27-49(51)54)46-24-8-5-21-42(46)40-34-33-37-17-3-4-18-38(37)35-40;1-59(2)53-34-16-33-44(56(53)57-47-26-7-5-24-45(47)46-25-6-12-31-52(46)58(57)59)39-20-14-22-41(36-39)55-50-29-10-8-27-48(50)54(49-28-9-11-30-51(49)55)40-21-13-19-38(35-40)43-32-15-18-37-17-3-4-23-42(37)43/h2*3-36H,1-2H3. The minimum atomic E-state index is -0.159. The van der Waals surface area contributed by atoms with Crippen molar-refractivity contribution in [3.8, 4) is 111 Å². The van der Waals surface area contributed by atoms with E-state index in [-0.39, 0.29) is 10.8 Å². The lowest BCUT2D eigenvalue weighted by Gasteiger charge is -2.24. The van der Waals surface area contributed by atoms with Gasteiger partial charge < -0.3 is 0 Å². The van der Waals surface area contributed by atoms with Crippen molar-refractivity contribution in [3.05, 3.63) is 435 Å². The van der Waals surface area contributed by atoms with E-state index >= 15 is 0 Å². The van der Waals surface area contributed by atoms with Crippen LogP contribution in [0.2, 0.25) is 0 Å². The zero-order valence-corrected chi connectivity index (χ0v) is 66.3. The maximum Gasteiger partial charge on any atom is 0.0165 e. The Labute approximate surface area is 687 Å². The van der Waals surface area contributed by atoms with Crippen LogP contribution in [0.5, 0.6) is 0 Å². The van der Waals surface area contributed by atoms with Gasteiger partial charge >= 0.3 is 0 Å². The van der Waals surface area contributed by atoms with E-state index in [0.29, 0.717) is 0 Å². The third kappa shape index (κ3) is 10.6. The number of hydrogen-bond acceptors (Lipinski definition) is 0. The Morgan fingerprint density at radius 2 is 0.398 bits per heavy atom. The van der Waals surface area contributed by atoms with Crippen molar-refractivity contribution in [2.45, 2.75) is 38.5 Å². The average Bonchev–Trinajstić information content (AvgIpc) is 1.54. The van der Waals surface area contributed by atoms with Crippen LogP contribution in [0.1, 0.15) is 49.9 Å². The molecule has 0 aliphatic heterocycles. The summed E-state index contributed by atoms with van der Waals surface area (Å²) in [4.78, 5) is 0. The van der Waals surface area contributed by atoms with Crippen molar-refractivity contribution in [1.29, 1.82) is 0 Å². The van der Waals surface area contributed by atoms with E-state index < -0.39 is 0 Å². The molecule has 0 bridgehead atoms. The first-order valence-corrected chi connectivity index (χ1v) is 41.5. The van der Waals surface area contributed by atoms with Crippen molar-refractivity contribution < 1.29 is 0 Å². The molecule has 552 valence electrons. The first-order chi connectivity index (χ1) is 58.1. The van der Waals surface area contributed by atoms with Gasteiger partial charge in [0.25, 0.3) is 0 Å². The molecule has 0 radical (unpaired) electrons. The lowest BCUT2D eigenvalue weighted by Crippen LogP contribution is -2.15. The van der Waals surface area contributed by atoms with Gasteiger partial charge in [0.2, 0.25) is 0 Å². The lowest BCUT2D eigenvalue weighted by molar-refractivity contribution is 0.666. The van der Waals surface area contributed by atoms with Crippen LogP contribution < -0.4 is 0 Å². The summed E-state index contributed by atoms with van der Waals surface area (Å²) in [5.74, 6) is 0. The minimum Gasteiger partial charge on any atom is -0.0616 e. The Morgan fingerprint density at radius 1 is 0.136 bits per heavy atom. The molecule has 0 amide bonds. The lowest BCUT2D eigenvalue weighted by atomic mass is 9.79. The van der Waals surface area contributed by atoms with Gasteiger partial charge in [-0.25, -0.2) is 0 Å². The smallest absolute Gasteiger partial charge is 0.0165 e. The molecule has 0 spiro atoms. The molecule has 0 fully saturated rings. The molecule has 0 nitrogen and oxygen atoms in total. The molecule has 24 rings (SSSR count). The Balaban J connectivity index is 0.000000138. The molecule has 22 aromatic carbocycles. The molecule has 22 aromatic rings. The van der Waals surface area contributed by atoms with Gasteiger partial charge in [-0.1, -0.05) is 416 Å². The van der Waals surface area contributed by atoms with E-state index in [9.17, 15) is 0 Å². The molecule has 0 aromatic heterocycles. The second-order valence-corrected chi connectivity index (χ2v) is 33.4. The number of hydrogen-bond donors (Lipinski definition) is 0. The molecule has 0 saturated carbocycles. The van der Waals surface area contributed by atoms with Crippen molar-refractivity contribution in [2.24, 2.45) is 0 Å². The van der Waals surface area contributed by atoms with Gasteiger partial charge in [-0.15, -0.1) is 0 Å². The summed E-state index contributed by atoms with van der Waals surface area (Å²) in [6, 6.07) is 154. The van der Waals surface area contributed by atoms with Crippen LogP contribution in [0.15, 0.2) is 413 Å². The fourth-order valence-electron chi connectivity index (χ4n) is 21.3. The highest BCUT2D eigenvalue weighted by atomic mass is 14.4. The monoisotopic (exact) mass is 1500 g/mol. The quantitative estimate of drug-likeness (QED) is 0.105. The van der Waals surface area contributed by atoms with E-state index in [1.165, 1.54) is 241 Å². The maximum atomic E-state index is 2.45. The molecule has 0 heterocycles. The van der Waals surface area contributed by atoms with Crippen molar-refractivity contribution >= 4 is 108 Å². The van der Waals surface area contributed by atoms with Gasteiger partial charge in [-0.2, -0.15) is 0 Å². The van der Waals surface area contributed by atoms with Crippen LogP contribution in [0.3, 0.4) is 0 Å². The zero-order valence-electron chi connectivity index (χ0n) is 66.3. The normalized spacial score (nSPS) is 13.1. The van der Waals surface area contributed by atoms with Crippen LogP contribution >= 0.6 is 0 Å². The topological polar surface area (TPSA) is 0 Å². The first-order valence-electron chi connectivity index (χ1n) is 41.5. The Bertz CT molecular complexity index is 7880. The molecule has 2 aliphatic carbocycles. The molecule has 0 saturated heterocycles. The number of rotatable bonds is 8. The molecule has 0 atom stereocenters. The van der Waals surface area contributed by atoms with Crippen molar-refractivity contribution in [2.75, 3.05) is 0 Å². The van der Waals surface area contributed by atoms with Crippen LogP contribution in [-0.4, -0.2) is 0 Å². The van der Waals surface area contributed by atoms with E-state index in [4.69, 9.17) is 0 Å². The van der Waals surface area contributed by atoms with E-state index in [2.05, 4.69) is 440 Å². The predicted octanol–water partition coefficient (Wildman–Crippen LogP) is 32.9. The van der Waals surface area contributed by atoms with Crippen LogP contribution in [0.25, 0.3) is 219 Å². The van der Waals surface area contributed by atoms with Crippen molar-refractivity contribution in [3.63, 3.8) is 0 Å². The van der Waals surface area contributed by atoms with E-state index in [0.717, 1.165) is 0 Å². The summed E-state index contributed by atoms with van der Waals surface area (Å²) in [5.41, 5.74) is 30.8. The van der Waals surface area contributed by atoms with Gasteiger partial charge in [-0.3, -0.25) is 0 Å². The second kappa shape index (κ2) is 27.0. The summed E-state index contributed by atoms with van der Waals surface area (Å²) >= 11 is 0. The highest BCUT2D eigenvalue weighted by Gasteiger charge is 2.42. The van der Waals surface area contributed by atoms with E-state index in [1.54, 1.807) is 0 Å². The predicted molar refractivity (Wildman–Crippen MR) is 507 cm³/mol. The summed E-state index contributed by atoms with van der Waals surface area (Å²) < 4.78 is 0. The largest absolute Gasteiger partial charge is 0.0616 e. The fourth-order valence-corrected chi connectivity index (χ4v) is 21.3. The zero-order chi connectivity index (χ0) is 78.5. The Morgan fingerprint density at radius 3 is 0.822 bits per heavy atom. The van der Waals surface area contributed by atoms with Gasteiger partial charge in [0.15, 0.2) is 0 Å². The van der Waals surface area contributed by atoms with Gasteiger partial charge in [0.05, 0.1) is 0 Å². The van der Waals surface area contributed by atoms with Crippen LogP contribution in [-0.2, 0) is 10.8 Å². The number of benzene rings is 22. The highest BCUT2D eigenvalue weighted by molar-refractivity contribution is 6.26. The summed E-state index contributed by atoms with van der Waals surface area (Å²) in [7, 11) is 0. The molecule has 0 N–H and O–H groups in total. The van der Waals surface area contributed by atoms with Crippen LogP contribution in [0.4, 0.5) is 0 Å². The third-order valence-electron chi connectivity index (χ3n) is 26.4. The van der Waals surface area contributed by atoms with Gasteiger partial charge in [0, 0.05) is 10.8 Å². The average molecular weight is 1500 g/mol. The van der Waals surface area contributed by atoms with Gasteiger partial charge in [-0.05, 0) is 266 Å². The second-order valence-electron chi connectivity index (χ2n) is 33.4. The van der Waals surface area contributed by atoms with Crippen LogP contribution in [0, 0.1) is 0 Å². The third-order valence-corrected chi connectivity index (χ3v) is 26.4. The first kappa shape index (κ1) is 69.0. The Kier molecular flexibility index (Phi) is 15.8. The molecular weight excluding hydrogens is 1420 g/mol. The molecule has 118 heavy (non-hydrogen) atoms. The van der Waals surface area contributed by atoms with E-state index in [1.807, 2.05) is 0 Å². The summed E-state index contributed by atoms with van der Waals surface area (Å²) in [5, 5.41) is 25.8. The summed E-state index contributed by atoms with van der Waals surface area (Å²) in [6.07, 6.45) is 0. The molecule has 2 aliphatic rings. The fraction of sp³-hybridized carbons (Fsp3) is 0.0508. The van der Waals surface area contributed by atoms with Crippen molar-refractivity contribution in [1.82, 2.24) is 0 Å². The number of fused-ring (bicyclic) bond motifs is 22. The SMILES string of the molecule is CC1(C)c2cccc(-c3cccc(-c4c5ccccc5c(-c5cccc(-c6cccc7ccccc67)c5)c5ccccc45)c3)c2-c2c1c1ccccc1c1ccccc21.CC1(C)c2cccc(-c3cccc(-c4c5ccccc5c(-c5ccccc5-c5ccc6ccccc6c5)c5ccccc45)c3)c2-c2c1c1ccccc1c1ccccc21.